The average Bonchev–Trinajstić information content (AvgIpc) is 2.35. The maximum absolute atomic E-state index is 11.4. The Morgan fingerprint density at radius 3 is 2.15 bits per heavy atom. The van der Waals surface area contributed by atoms with Crippen LogP contribution in [0.15, 0.2) is 0 Å². The van der Waals surface area contributed by atoms with Crippen molar-refractivity contribution in [3.8, 4) is 0 Å². The van der Waals surface area contributed by atoms with Crippen LogP contribution in [-0.4, -0.2) is 71.2 Å². The van der Waals surface area contributed by atoms with E-state index >= 15 is 0 Å². The summed E-state index contributed by atoms with van der Waals surface area (Å²) in [6.45, 7) is 0.508. The number of carboxylic acid groups (broad SMARTS) is 1. The summed E-state index contributed by atoms with van der Waals surface area (Å²) in [6, 6.07) is -2.02. The number of unbranched alkanes of at least 4 members (excludes halogenated alkanes) is 1. The monoisotopic (exact) mass is 299 g/mol. The van der Waals surface area contributed by atoms with Crippen molar-refractivity contribution in [1.29, 1.82) is 0 Å². The SMILES string of the molecule is NCCCC[C@H](N)C(=O)OC(=O)CC[C@H](N)C(=O)O.[NaH]. The zero-order valence-corrected chi connectivity index (χ0v) is 10.7. The third-order valence-electron chi connectivity index (χ3n) is 2.46. The fourth-order valence-electron chi connectivity index (χ4n) is 1.26. The predicted octanol–water partition coefficient (Wildman–Crippen LogP) is -1.94. The zero-order chi connectivity index (χ0) is 14.8. The van der Waals surface area contributed by atoms with Gasteiger partial charge in [0.25, 0.3) is 0 Å². The van der Waals surface area contributed by atoms with Crippen molar-refractivity contribution in [3.63, 3.8) is 0 Å². The van der Waals surface area contributed by atoms with Crippen LogP contribution in [0.2, 0.25) is 0 Å². The minimum absolute atomic E-state index is 0. The molecule has 20 heavy (non-hydrogen) atoms. The van der Waals surface area contributed by atoms with Gasteiger partial charge in [-0.15, -0.1) is 0 Å². The molecular formula is C11H22N3NaO5. The van der Waals surface area contributed by atoms with E-state index in [2.05, 4.69) is 4.74 Å². The van der Waals surface area contributed by atoms with Crippen LogP contribution in [0, 0.1) is 0 Å². The molecule has 0 heterocycles. The standard InChI is InChI=1S/C11H21N3O5.Na.H/c12-6-2-1-3-8(14)11(18)19-9(15)5-4-7(13)10(16)17;;/h7-8H,1-6,12-14H2,(H,16,17);;/t7-,8-;;/m0../s1. The van der Waals surface area contributed by atoms with Gasteiger partial charge in [-0.1, -0.05) is 6.42 Å². The second-order valence-electron chi connectivity index (χ2n) is 4.17. The number of esters is 2. The summed E-state index contributed by atoms with van der Waals surface area (Å²) in [5.74, 6) is -2.85. The van der Waals surface area contributed by atoms with Gasteiger partial charge in [-0.05, 0) is 25.8 Å². The first-order chi connectivity index (χ1) is 8.88. The van der Waals surface area contributed by atoms with Crippen LogP contribution in [-0.2, 0) is 19.1 Å². The van der Waals surface area contributed by atoms with Gasteiger partial charge in [-0.2, -0.15) is 0 Å². The summed E-state index contributed by atoms with van der Waals surface area (Å²) < 4.78 is 4.49. The fourth-order valence-corrected chi connectivity index (χ4v) is 1.26. The molecule has 112 valence electrons. The third-order valence-corrected chi connectivity index (χ3v) is 2.46. The van der Waals surface area contributed by atoms with Gasteiger partial charge >= 0.3 is 47.5 Å². The van der Waals surface area contributed by atoms with Gasteiger partial charge in [0.2, 0.25) is 0 Å². The van der Waals surface area contributed by atoms with E-state index in [4.69, 9.17) is 22.3 Å². The molecule has 0 aliphatic rings. The molecule has 0 radical (unpaired) electrons. The number of carbonyl (C=O) groups excluding carboxylic acids is 2. The molecule has 0 unspecified atom stereocenters. The van der Waals surface area contributed by atoms with Crippen LogP contribution in [0.25, 0.3) is 0 Å². The van der Waals surface area contributed by atoms with Crippen molar-refractivity contribution in [2.45, 2.75) is 44.2 Å². The van der Waals surface area contributed by atoms with E-state index < -0.39 is 30.0 Å². The van der Waals surface area contributed by atoms with Crippen molar-refractivity contribution in [2.75, 3.05) is 6.54 Å². The Hall–Kier alpha value is -0.510. The summed E-state index contributed by atoms with van der Waals surface area (Å²) in [7, 11) is 0. The molecule has 0 saturated carbocycles. The van der Waals surface area contributed by atoms with E-state index in [1.807, 2.05) is 0 Å². The number of carbonyl (C=O) groups is 3. The van der Waals surface area contributed by atoms with E-state index in [1.54, 1.807) is 0 Å². The molecular weight excluding hydrogens is 277 g/mol. The van der Waals surface area contributed by atoms with Gasteiger partial charge in [-0.25, -0.2) is 4.79 Å². The molecule has 0 fully saturated rings. The first-order valence-corrected chi connectivity index (χ1v) is 6.07. The molecule has 2 atom stereocenters. The molecule has 0 aromatic carbocycles. The van der Waals surface area contributed by atoms with Crippen molar-refractivity contribution >= 4 is 47.5 Å². The van der Waals surface area contributed by atoms with E-state index in [0.717, 1.165) is 6.42 Å². The summed E-state index contributed by atoms with van der Waals surface area (Å²) in [5.41, 5.74) is 16.0. The van der Waals surface area contributed by atoms with Crippen molar-refractivity contribution < 1.29 is 24.2 Å². The normalized spacial score (nSPS) is 12.9. The Morgan fingerprint density at radius 2 is 1.65 bits per heavy atom. The molecule has 8 nitrogen and oxygen atoms in total. The van der Waals surface area contributed by atoms with Gasteiger partial charge in [0.05, 0.1) is 0 Å². The molecule has 0 bridgehead atoms. The number of aliphatic carboxylic acids is 1. The number of carboxylic acids is 1. The fraction of sp³-hybridized carbons (Fsp3) is 0.727. The number of hydrogen-bond acceptors (Lipinski definition) is 7. The third kappa shape index (κ3) is 10.3. The van der Waals surface area contributed by atoms with Gasteiger partial charge in [0.15, 0.2) is 0 Å². The predicted molar refractivity (Wildman–Crippen MR) is 74.0 cm³/mol. The van der Waals surface area contributed by atoms with Gasteiger partial charge in [-0.3, -0.25) is 9.59 Å². The molecule has 0 aromatic rings. The molecule has 0 amide bonds. The van der Waals surface area contributed by atoms with Gasteiger partial charge < -0.3 is 27.0 Å². The van der Waals surface area contributed by atoms with Crippen LogP contribution in [0.4, 0.5) is 0 Å². The van der Waals surface area contributed by atoms with E-state index in [0.29, 0.717) is 19.4 Å². The molecule has 0 saturated heterocycles. The number of hydrogen-bond donors (Lipinski definition) is 4. The Kier molecular flexibility index (Phi) is 13.3. The number of nitrogens with two attached hydrogens (primary N) is 3. The van der Waals surface area contributed by atoms with Crippen LogP contribution in [0.1, 0.15) is 32.1 Å². The Morgan fingerprint density at radius 1 is 1.05 bits per heavy atom. The molecule has 0 rings (SSSR count). The van der Waals surface area contributed by atoms with Crippen molar-refractivity contribution in [2.24, 2.45) is 17.2 Å². The van der Waals surface area contributed by atoms with Crippen molar-refractivity contribution in [1.82, 2.24) is 0 Å². The molecule has 0 aromatic heterocycles. The summed E-state index contributed by atoms with van der Waals surface area (Å²) in [5, 5.41) is 8.51. The number of rotatable bonds is 9. The summed E-state index contributed by atoms with van der Waals surface area (Å²) >= 11 is 0. The Labute approximate surface area is 139 Å². The minimum atomic E-state index is -1.21. The second-order valence-corrected chi connectivity index (χ2v) is 4.17. The van der Waals surface area contributed by atoms with Gasteiger partial charge in [0.1, 0.15) is 12.1 Å². The van der Waals surface area contributed by atoms with E-state index in [-0.39, 0.29) is 42.4 Å². The Balaban J connectivity index is 0. The Bertz CT molecular complexity index is 327. The summed E-state index contributed by atoms with van der Waals surface area (Å²) in [6.07, 6.45) is 1.46. The van der Waals surface area contributed by atoms with Crippen molar-refractivity contribution in [3.05, 3.63) is 0 Å². The first-order valence-electron chi connectivity index (χ1n) is 6.07. The molecule has 0 spiro atoms. The molecule has 7 N–H and O–H groups in total. The maximum atomic E-state index is 11.4. The van der Waals surface area contributed by atoms with Crippen LogP contribution in [0.3, 0.4) is 0 Å². The van der Waals surface area contributed by atoms with Gasteiger partial charge in [0, 0.05) is 6.42 Å². The number of ether oxygens (including phenoxy) is 1. The molecule has 0 aliphatic heterocycles. The second kappa shape index (κ2) is 12.2. The summed E-state index contributed by atoms with van der Waals surface area (Å²) in [4.78, 5) is 33.0. The first kappa shape index (κ1) is 21.8. The zero-order valence-electron chi connectivity index (χ0n) is 10.7. The molecule has 9 heteroatoms. The van der Waals surface area contributed by atoms with Crippen LogP contribution in [0.5, 0.6) is 0 Å². The quantitative estimate of drug-likeness (QED) is 0.165. The topological polar surface area (TPSA) is 159 Å². The molecule has 0 aliphatic carbocycles. The van der Waals surface area contributed by atoms with Crippen LogP contribution < -0.4 is 17.2 Å². The average molecular weight is 299 g/mol. The van der Waals surface area contributed by atoms with Crippen LogP contribution >= 0.6 is 0 Å². The van der Waals surface area contributed by atoms with E-state index in [9.17, 15) is 14.4 Å². The van der Waals surface area contributed by atoms with E-state index in [1.165, 1.54) is 0 Å².